The maximum absolute atomic E-state index is 10.8. The van der Waals surface area contributed by atoms with Crippen LogP contribution in [0.5, 0.6) is 0 Å². The van der Waals surface area contributed by atoms with Gasteiger partial charge >= 0.3 is 5.97 Å². The van der Waals surface area contributed by atoms with E-state index in [1.54, 1.807) is 11.8 Å². The van der Waals surface area contributed by atoms with Crippen LogP contribution in [0.4, 0.5) is 0 Å². The SMILES string of the molecule is CCCCCCCCCCCSCC(=O)OC. The Bertz CT molecular complexity index is 172. The highest BCUT2D eigenvalue weighted by Crippen LogP contribution is 2.11. The summed E-state index contributed by atoms with van der Waals surface area (Å²) in [5, 5.41) is 0. The van der Waals surface area contributed by atoms with Gasteiger partial charge < -0.3 is 4.74 Å². The van der Waals surface area contributed by atoms with Gasteiger partial charge in [-0.05, 0) is 12.2 Å². The average Bonchev–Trinajstić information content (AvgIpc) is 2.35. The van der Waals surface area contributed by atoms with Crippen molar-refractivity contribution in [1.82, 2.24) is 0 Å². The molecule has 0 unspecified atom stereocenters. The van der Waals surface area contributed by atoms with Crippen molar-refractivity contribution in [3.63, 3.8) is 0 Å². The number of hydrogen-bond donors (Lipinski definition) is 0. The minimum Gasteiger partial charge on any atom is -0.468 e. The predicted molar refractivity (Wildman–Crippen MR) is 76.6 cm³/mol. The quantitative estimate of drug-likeness (QED) is 0.384. The first-order chi connectivity index (χ1) is 8.31. The predicted octanol–water partition coefficient (Wildman–Crippen LogP) is 4.42. The van der Waals surface area contributed by atoms with Crippen LogP contribution >= 0.6 is 11.8 Å². The van der Waals surface area contributed by atoms with Crippen LogP contribution in [0.25, 0.3) is 0 Å². The number of unbranched alkanes of at least 4 members (excludes halogenated alkanes) is 8. The van der Waals surface area contributed by atoms with Crippen LogP contribution in [-0.4, -0.2) is 24.6 Å². The molecular weight excluding hydrogens is 232 g/mol. The number of hydrogen-bond acceptors (Lipinski definition) is 3. The summed E-state index contributed by atoms with van der Waals surface area (Å²) in [6.45, 7) is 2.26. The molecule has 0 aliphatic carbocycles. The van der Waals surface area contributed by atoms with Gasteiger partial charge in [0.2, 0.25) is 0 Å². The first kappa shape index (κ1) is 16.8. The number of rotatable bonds is 12. The van der Waals surface area contributed by atoms with Gasteiger partial charge in [0.05, 0.1) is 12.9 Å². The van der Waals surface area contributed by atoms with Crippen molar-refractivity contribution in [2.24, 2.45) is 0 Å². The third-order valence-corrected chi connectivity index (χ3v) is 3.86. The maximum atomic E-state index is 10.8. The Hall–Kier alpha value is -0.180. The molecule has 0 heterocycles. The Morgan fingerprint density at radius 1 is 0.941 bits per heavy atom. The van der Waals surface area contributed by atoms with E-state index in [1.165, 1.54) is 64.9 Å². The Morgan fingerprint density at radius 3 is 2.00 bits per heavy atom. The second-order valence-corrected chi connectivity index (χ2v) is 5.56. The number of carbonyl (C=O) groups excluding carboxylic acids is 1. The van der Waals surface area contributed by atoms with E-state index in [-0.39, 0.29) is 5.97 Å². The molecular formula is C14H28O2S. The lowest BCUT2D eigenvalue weighted by atomic mass is 10.1. The molecule has 0 aromatic carbocycles. The number of esters is 1. The third kappa shape index (κ3) is 13.8. The zero-order valence-electron chi connectivity index (χ0n) is 11.5. The second kappa shape index (κ2) is 13.9. The fraction of sp³-hybridized carbons (Fsp3) is 0.929. The van der Waals surface area contributed by atoms with E-state index < -0.39 is 0 Å². The van der Waals surface area contributed by atoms with E-state index in [4.69, 9.17) is 0 Å². The Balaban J connectivity index is 2.96. The molecule has 0 saturated heterocycles. The molecule has 0 aromatic heterocycles. The molecule has 3 heteroatoms. The maximum Gasteiger partial charge on any atom is 0.315 e. The lowest BCUT2D eigenvalue weighted by molar-refractivity contribution is -0.137. The van der Waals surface area contributed by atoms with Crippen molar-refractivity contribution in [3.8, 4) is 0 Å². The topological polar surface area (TPSA) is 26.3 Å². The van der Waals surface area contributed by atoms with E-state index >= 15 is 0 Å². The number of carbonyl (C=O) groups is 1. The molecule has 0 aliphatic heterocycles. The average molecular weight is 260 g/mol. The Kier molecular flexibility index (Phi) is 13.7. The molecule has 17 heavy (non-hydrogen) atoms. The Morgan fingerprint density at radius 2 is 1.47 bits per heavy atom. The molecule has 0 atom stereocenters. The lowest BCUT2D eigenvalue weighted by Crippen LogP contribution is -2.03. The van der Waals surface area contributed by atoms with Gasteiger partial charge in [0.15, 0.2) is 0 Å². The van der Waals surface area contributed by atoms with E-state index in [9.17, 15) is 4.79 Å². The highest BCUT2D eigenvalue weighted by atomic mass is 32.2. The minimum atomic E-state index is -0.106. The largest absolute Gasteiger partial charge is 0.468 e. The highest BCUT2D eigenvalue weighted by molar-refractivity contribution is 7.99. The zero-order valence-corrected chi connectivity index (χ0v) is 12.3. The first-order valence-corrected chi connectivity index (χ1v) is 8.11. The van der Waals surface area contributed by atoms with Crippen LogP contribution in [0, 0.1) is 0 Å². The zero-order chi connectivity index (χ0) is 12.8. The van der Waals surface area contributed by atoms with Crippen molar-refractivity contribution in [3.05, 3.63) is 0 Å². The molecule has 0 aromatic rings. The van der Waals surface area contributed by atoms with E-state index in [0.29, 0.717) is 5.75 Å². The second-order valence-electron chi connectivity index (χ2n) is 4.46. The molecule has 0 rings (SSSR count). The molecule has 0 aliphatic rings. The fourth-order valence-corrected chi connectivity index (χ4v) is 2.57. The van der Waals surface area contributed by atoms with Crippen molar-refractivity contribution in [2.45, 2.75) is 64.7 Å². The van der Waals surface area contributed by atoms with Gasteiger partial charge in [-0.3, -0.25) is 4.79 Å². The van der Waals surface area contributed by atoms with Crippen molar-refractivity contribution in [2.75, 3.05) is 18.6 Å². The molecule has 0 bridgehead atoms. The molecule has 0 radical (unpaired) electrons. The number of methoxy groups -OCH3 is 1. The summed E-state index contributed by atoms with van der Waals surface area (Å²) < 4.78 is 4.58. The number of thioether (sulfide) groups is 1. The van der Waals surface area contributed by atoms with E-state index in [0.717, 1.165) is 5.75 Å². The van der Waals surface area contributed by atoms with E-state index in [1.807, 2.05) is 0 Å². The van der Waals surface area contributed by atoms with Gasteiger partial charge in [0.1, 0.15) is 0 Å². The van der Waals surface area contributed by atoms with Crippen LogP contribution in [0.1, 0.15) is 64.7 Å². The summed E-state index contributed by atoms with van der Waals surface area (Å²) in [4.78, 5) is 10.8. The molecule has 102 valence electrons. The van der Waals surface area contributed by atoms with Crippen LogP contribution in [0.2, 0.25) is 0 Å². The smallest absolute Gasteiger partial charge is 0.315 e. The molecule has 0 amide bonds. The van der Waals surface area contributed by atoms with Gasteiger partial charge in [0, 0.05) is 0 Å². The molecule has 0 spiro atoms. The summed E-state index contributed by atoms with van der Waals surface area (Å²) in [6, 6.07) is 0. The standard InChI is InChI=1S/C14H28O2S/c1-3-4-5-6-7-8-9-10-11-12-17-13-14(15)16-2/h3-13H2,1-2H3. The lowest BCUT2D eigenvalue weighted by Gasteiger charge is -2.02. The van der Waals surface area contributed by atoms with Crippen LogP contribution in [-0.2, 0) is 9.53 Å². The number of ether oxygens (including phenoxy) is 1. The summed E-state index contributed by atoms with van der Waals surface area (Å²) in [6.07, 6.45) is 12.2. The van der Waals surface area contributed by atoms with Gasteiger partial charge in [-0.15, -0.1) is 0 Å². The highest BCUT2D eigenvalue weighted by Gasteiger charge is 1.99. The normalized spacial score (nSPS) is 10.5. The van der Waals surface area contributed by atoms with Gasteiger partial charge in [-0.1, -0.05) is 58.3 Å². The van der Waals surface area contributed by atoms with Crippen molar-refractivity contribution in [1.29, 1.82) is 0 Å². The summed E-state index contributed by atoms with van der Waals surface area (Å²) >= 11 is 1.69. The van der Waals surface area contributed by atoms with Crippen molar-refractivity contribution < 1.29 is 9.53 Å². The van der Waals surface area contributed by atoms with Crippen LogP contribution < -0.4 is 0 Å². The van der Waals surface area contributed by atoms with Crippen LogP contribution in [0.15, 0.2) is 0 Å². The van der Waals surface area contributed by atoms with Crippen LogP contribution in [0.3, 0.4) is 0 Å². The Labute approximate surface area is 111 Å². The molecule has 0 fully saturated rings. The first-order valence-electron chi connectivity index (χ1n) is 6.95. The summed E-state index contributed by atoms with van der Waals surface area (Å²) in [7, 11) is 1.45. The van der Waals surface area contributed by atoms with E-state index in [2.05, 4.69) is 11.7 Å². The fourth-order valence-electron chi connectivity index (χ4n) is 1.73. The summed E-state index contributed by atoms with van der Waals surface area (Å²) in [5.74, 6) is 1.49. The van der Waals surface area contributed by atoms with Gasteiger partial charge in [-0.25, -0.2) is 0 Å². The third-order valence-electron chi connectivity index (χ3n) is 2.84. The molecule has 2 nitrogen and oxygen atoms in total. The molecule has 0 saturated carbocycles. The van der Waals surface area contributed by atoms with Crippen molar-refractivity contribution >= 4 is 17.7 Å². The molecule has 0 N–H and O–H groups in total. The monoisotopic (exact) mass is 260 g/mol. The van der Waals surface area contributed by atoms with Gasteiger partial charge in [-0.2, -0.15) is 11.8 Å². The van der Waals surface area contributed by atoms with Gasteiger partial charge in [0.25, 0.3) is 0 Å². The summed E-state index contributed by atoms with van der Waals surface area (Å²) in [5.41, 5.74) is 0. The minimum absolute atomic E-state index is 0.106.